The van der Waals surface area contributed by atoms with Crippen molar-refractivity contribution >= 4 is 16.1 Å². The quantitative estimate of drug-likeness (QED) is 0.679. The summed E-state index contributed by atoms with van der Waals surface area (Å²) < 4.78 is 54.6. The van der Waals surface area contributed by atoms with Gasteiger partial charge in [0, 0.05) is 32.2 Å². The van der Waals surface area contributed by atoms with Gasteiger partial charge in [0.05, 0.1) is 11.8 Å². The van der Waals surface area contributed by atoms with Gasteiger partial charge in [-0.2, -0.15) is 0 Å². The molecule has 0 bridgehead atoms. The van der Waals surface area contributed by atoms with Crippen molar-refractivity contribution in [2.24, 2.45) is 0 Å². The lowest BCUT2D eigenvalue weighted by atomic mass is 9.97. The Morgan fingerprint density at radius 3 is 2.44 bits per heavy atom. The van der Waals surface area contributed by atoms with Crippen LogP contribution in [-0.2, 0) is 16.4 Å². The minimum absolute atomic E-state index is 0.0420. The van der Waals surface area contributed by atoms with Crippen LogP contribution in [0.5, 0.6) is 0 Å². The Morgan fingerprint density at radius 2 is 1.81 bits per heavy atom. The van der Waals surface area contributed by atoms with Crippen LogP contribution in [-0.4, -0.2) is 62.2 Å². The highest BCUT2D eigenvalue weighted by atomic mass is 32.2. The standard InChI is InChI=1S/C23H29F2N3O3S/c1-4-27(3)23(29)28-10-9-21(26-32(30,31)5-2)22(28)12-16-7-6-8-17(11-16)18-13-19(24)15-20(25)14-18/h6-8,11,13-15,21-22,26H,4-5,9-10,12H2,1-3H3/t21-,22-/m0/s1. The van der Waals surface area contributed by atoms with E-state index in [2.05, 4.69) is 4.72 Å². The summed E-state index contributed by atoms with van der Waals surface area (Å²) in [6.45, 7) is 4.43. The van der Waals surface area contributed by atoms with Gasteiger partial charge in [-0.25, -0.2) is 26.7 Å². The third-order valence-electron chi connectivity index (χ3n) is 5.87. The average molecular weight is 466 g/mol. The number of carbonyl (C=O) groups excluding carboxylic acids is 1. The van der Waals surface area contributed by atoms with E-state index in [0.29, 0.717) is 37.1 Å². The molecule has 1 N–H and O–H groups in total. The molecule has 1 aliphatic heterocycles. The summed E-state index contributed by atoms with van der Waals surface area (Å²) in [5.74, 6) is -1.36. The van der Waals surface area contributed by atoms with E-state index in [0.717, 1.165) is 11.6 Å². The van der Waals surface area contributed by atoms with E-state index in [4.69, 9.17) is 0 Å². The monoisotopic (exact) mass is 465 g/mol. The second kappa shape index (κ2) is 9.95. The number of halogens is 2. The fourth-order valence-electron chi connectivity index (χ4n) is 3.99. The van der Waals surface area contributed by atoms with Gasteiger partial charge in [0.15, 0.2) is 0 Å². The molecule has 2 aromatic carbocycles. The van der Waals surface area contributed by atoms with Crippen LogP contribution in [0.4, 0.5) is 13.6 Å². The number of urea groups is 1. The predicted molar refractivity (Wildman–Crippen MR) is 121 cm³/mol. The normalized spacial score (nSPS) is 18.7. The van der Waals surface area contributed by atoms with Crippen LogP contribution in [0.3, 0.4) is 0 Å². The third-order valence-corrected chi connectivity index (χ3v) is 7.29. The molecule has 1 saturated heterocycles. The summed E-state index contributed by atoms with van der Waals surface area (Å²) in [5, 5.41) is 0. The molecule has 2 aromatic rings. The molecule has 0 aliphatic carbocycles. The second-order valence-corrected chi connectivity index (χ2v) is 10.1. The topological polar surface area (TPSA) is 69.7 Å². The zero-order valence-corrected chi connectivity index (χ0v) is 19.3. The second-order valence-electron chi connectivity index (χ2n) is 8.04. The van der Waals surface area contributed by atoms with Gasteiger partial charge in [-0.3, -0.25) is 0 Å². The smallest absolute Gasteiger partial charge is 0.320 e. The van der Waals surface area contributed by atoms with Gasteiger partial charge >= 0.3 is 6.03 Å². The zero-order valence-electron chi connectivity index (χ0n) is 18.5. The number of amides is 2. The fraction of sp³-hybridized carbons (Fsp3) is 0.435. The number of sulfonamides is 1. The van der Waals surface area contributed by atoms with E-state index < -0.39 is 27.7 Å². The maximum Gasteiger partial charge on any atom is 0.320 e. The minimum atomic E-state index is -3.45. The van der Waals surface area contributed by atoms with Gasteiger partial charge in [0.1, 0.15) is 11.6 Å². The first-order chi connectivity index (χ1) is 15.1. The van der Waals surface area contributed by atoms with E-state index in [9.17, 15) is 22.0 Å². The number of likely N-dealkylation sites (tertiary alicyclic amines) is 1. The number of rotatable bonds is 7. The molecule has 3 rings (SSSR count). The lowest BCUT2D eigenvalue weighted by Crippen LogP contribution is -2.51. The Hall–Kier alpha value is -2.52. The Kier molecular flexibility index (Phi) is 7.51. The Balaban J connectivity index is 1.91. The fourth-order valence-corrected chi connectivity index (χ4v) is 4.89. The molecule has 0 spiro atoms. The molecular formula is C23H29F2N3O3S. The first kappa shape index (κ1) is 24.1. The number of hydrogen-bond donors (Lipinski definition) is 1. The van der Waals surface area contributed by atoms with Gasteiger partial charge in [-0.05, 0) is 55.5 Å². The Morgan fingerprint density at radius 1 is 1.12 bits per heavy atom. The summed E-state index contributed by atoms with van der Waals surface area (Å²) in [7, 11) is -1.74. The molecule has 9 heteroatoms. The third kappa shape index (κ3) is 5.63. The first-order valence-corrected chi connectivity index (χ1v) is 12.4. The van der Waals surface area contributed by atoms with Crippen LogP contribution in [0.1, 0.15) is 25.8 Å². The molecule has 6 nitrogen and oxygen atoms in total. The van der Waals surface area contributed by atoms with Crippen molar-refractivity contribution in [3.63, 3.8) is 0 Å². The molecule has 2 atom stereocenters. The number of nitrogens with one attached hydrogen (secondary N) is 1. The van der Waals surface area contributed by atoms with Crippen LogP contribution < -0.4 is 4.72 Å². The van der Waals surface area contributed by atoms with Crippen LogP contribution in [0.2, 0.25) is 0 Å². The van der Waals surface area contributed by atoms with Crippen molar-refractivity contribution < 1.29 is 22.0 Å². The number of benzene rings is 2. The Bertz CT molecular complexity index is 1060. The van der Waals surface area contributed by atoms with Gasteiger partial charge in [-0.1, -0.05) is 24.3 Å². The SMILES string of the molecule is CCN(C)C(=O)N1CC[C@H](NS(=O)(=O)CC)[C@@H]1Cc1cccc(-c2cc(F)cc(F)c2)c1. The van der Waals surface area contributed by atoms with E-state index >= 15 is 0 Å². The van der Waals surface area contributed by atoms with E-state index in [1.807, 2.05) is 19.1 Å². The van der Waals surface area contributed by atoms with Gasteiger partial charge in [0.25, 0.3) is 0 Å². The summed E-state index contributed by atoms with van der Waals surface area (Å²) in [5.41, 5.74) is 1.91. The summed E-state index contributed by atoms with van der Waals surface area (Å²) in [4.78, 5) is 16.2. The molecule has 32 heavy (non-hydrogen) atoms. The molecule has 0 saturated carbocycles. The Labute approximate surface area is 188 Å². The van der Waals surface area contributed by atoms with Crippen molar-refractivity contribution in [2.45, 2.75) is 38.8 Å². The highest BCUT2D eigenvalue weighted by Crippen LogP contribution is 2.27. The maximum absolute atomic E-state index is 13.7. The lowest BCUT2D eigenvalue weighted by molar-refractivity contribution is 0.157. The van der Waals surface area contributed by atoms with Gasteiger partial charge in [-0.15, -0.1) is 0 Å². The molecule has 1 fully saturated rings. The molecule has 0 radical (unpaired) electrons. The van der Waals surface area contributed by atoms with Gasteiger partial charge in [0.2, 0.25) is 10.0 Å². The molecule has 1 heterocycles. The van der Waals surface area contributed by atoms with Crippen LogP contribution >= 0.6 is 0 Å². The highest BCUT2D eigenvalue weighted by molar-refractivity contribution is 7.89. The summed E-state index contributed by atoms with van der Waals surface area (Å²) in [6, 6.07) is 9.66. The summed E-state index contributed by atoms with van der Waals surface area (Å²) >= 11 is 0. The minimum Gasteiger partial charge on any atom is -0.328 e. The maximum atomic E-state index is 13.7. The van der Waals surface area contributed by atoms with Crippen molar-refractivity contribution in [3.05, 3.63) is 59.7 Å². The zero-order chi connectivity index (χ0) is 23.5. The van der Waals surface area contributed by atoms with Crippen LogP contribution in [0, 0.1) is 11.6 Å². The van der Waals surface area contributed by atoms with Crippen molar-refractivity contribution in [2.75, 3.05) is 25.9 Å². The average Bonchev–Trinajstić information content (AvgIpc) is 3.13. The molecule has 1 aliphatic rings. The lowest BCUT2D eigenvalue weighted by Gasteiger charge is -2.31. The van der Waals surface area contributed by atoms with Crippen molar-refractivity contribution in [3.8, 4) is 11.1 Å². The van der Waals surface area contributed by atoms with Crippen LogP contribution in [0.15, 0.2) is 42.5 Å². The van der Waals surface area contributed by atoms with Crippen molar-refractivity contribution in [1.29, 1.82) is 0 Å². The molecule has 174 valence electrons. The van der Waals surface area contributed by atoms with E-state index in [1.54, 1.807) is 35.9 Å². The molecule has 0 aromatic heterocycles. The largest absolute Gasteiger partial charge is 0.328 e. The number of hydrogen-bond acceptors (Lipinski definition) is 3. The first-order valence-electron chi connectivity index (χ1n) is 10.7. The van der Waals surface area contributed by atoms with Gasteiger partial charge < -0.3 is 9.80 Å². The number of nitrogens with zero attached hydrogens (tertiary/aromatic N) is 2. The van der Waals surface area contributed by atoms with E-state index in [1.165, 1.54) is 12.1 Å². The molecular weight excluding hydrogens is 436 g/mol. The molecule has 0 unspecified atom stereocenters. The number of carbonyl (C=O) groups is 1. The van der Waals surface area contributed by atoms with E-state index in [-0.39, 0.29) is 17.8 Å². The van der Waals surface area contributed by atoms with Crippen molar-refractivity contribution in [1.82, 2.24) is 14.5 Å². The predicted octanol–water partition coefficient (Wildman–Crippen LogP) is 3.63. The highest BCUT2D eigenvalue weighted by Gasteiger charge is 2.39. The molecule has 2 amide bonds. The summed E-state index contributed by atoms with van der Waals surface area (Å²) in [6.07, 6.45) is 0.924. The van der Waals surface area contributed by atoms with Crippen LogP contribution in [0.25, 0.3) is 11.1 Å².